The van der Waals surface area contributed by atoms with Crippen LogP contribution in [-0.4, -0.2) is 30.5 Å². The predicted molar refractivity (Wildman–Crippen MR) is 35.2 cm³/mol. The summed E-state index contributed by atoms with van der Waals surface area (Å²) in [5, 5.41) is 10.9. The van der Waals surface area contributed by atoms with Crippen molar-refractivity contribution in [1.82, 2.24) is 5.32 Å². The van der Waals surface area contributed by atoms with Crippen LogP contribution in [0.4, 0.5) is 13.2 Å². The zero-order valence-corrected chi connectivity index (χ0v) is 6.28. The average molecular weight is 171 g/mol. The highest BCUT2D eigenvalue weighted by molar-refractivity contribution is 4.60. The van der Waals surface area contributed by atoms with Crippen molar-refractivity contribution in [3.05, 3.63) is 0 Å². The topological polar surface area (TPSA) is 32.3 Å². The molecule has 0 radical (unpaired) electrons. The molecular formula is C6H12F3NO. The highest BCUT2D eigenvalue weighted by atomic mass is 19.4. The van der Waals surface area contributed by atoms with Crippen molar-refractivity contribution in [2.24, 2.45) is 0 Å². The highest BCUT2D eigenvalue weighted by Gasteiger charge is 2.26. The fourth-order valence-corrected chi connectivity index (χ4v) is 0.525. The minimum Gasteiger partial charge on any atom is -0.395 e. The van der Waals surface area contributed by atoms with E-state index >= 15 is 0 Å². The summed E-state index contributed by atoms with van der Waals surface area (Å²) in [5.74, 6) is 0. The number of alkyl halides is 3. The molecule has 0 saturated carbocycles. The Labute approximate surface area is 63.4 Å². The second-order valence-corrected chi connectivity index (χ2v) is 2.40. The molecule has 0 aliphatic carbocycles. The van der Waals surface area contributed by atoms with Crippen LogP contribution in [0, 0.1) is 0 Å². The number of aliphatic hydroxyl groups excluding tert-OH is 1. The normalized spacial score (nSPS) is 15.0. The van der Waals surface area contributed by atoms with E-state index in [0.29, 0.717) is 0 Å². The van der Waals surface area contributed by atoms with Gasteiger partial charge in [0.15, 0.2) is 0 Å². The average Bonchev–Trinajstić information content (AvgIpc) is 1.85. The minimum absolute atomic E-state index is 0.134. The molecule has 0 bridgehead atoms. The van der Waals surface area contributed by atoms with Crippen molar-refractivity contribution in [3.8, 4) is 0 Å². The van der Waals surface area contributed by atoms with Crippen LogP contribution < -0.4 is 5.32 Å². The van der Waals surface area contributed by atoms with Crippen LogP contribution in [0.2, 0.25) is 0 Å². The van der Waals surface area contributed by atoms with Crippen molar-refractivity contribution in [1.29, 1.82) is 0 Å². The third kappa shape index (κ3) is 7.61. The Morgan fingerprint density at radius 3 is 2.36 bits per heavy atom. The van der Waals surface area contributed by atoms with Crippen LogP contribution in [0.15, 0.2) is 0 Å². The molecule has 0 heterocycles. The van der Waals surface area contributed by atoms with E-state index in [1.807, 2.05) is 0 Å². The molecule has 0 aromatic heterocycles. The zero-order chi connectivity index (χ0) is 8.91. The van der Waals surface area contributed by atoms with E-state index in [2.05, 4.69) is 5.32 Å². The van der Waals surface area contributed by atoms with E-state index in [1.165, 1.54) is 0 Å². The molecule has 68 valence electrons. The second kappa shape index (κ2) is 4.56. The Balaban J connectivity index is 3.28. The smallest absolute Gasteiger partial charge is 0.390 e. The monoisotopic (exact) mass is 171 g/mol. The fourth-order valence-electron chi connectivity index (χ4n) is 0.525. The zero-order valence-electron chi connectivity index (χ0n) is 6.28. The van der Waals surface area contributed by atoms with Crippen molar-refractivity contribution in [2.75, 3.05) is 13.2 Å². The summed E-state index contributed by atoms with van der Waals surface area (Å²) in [4.78, 5) is 0. The van der Waals surface area contributed by atoms with E-state index in [4.69, 9.17) is 5.11 Å². The molecule has 0 aromatic rings. The SMILES string of the molecule is CC(CO)NCCC(F)(F)F. The van der Waals surface area contributed by atoms with Crippen LogP contribution in [0.1, 0.15) is 13.3 Å². The van der Waals surface area contributed by atoms with Crippen LogP contribution in [0.3, 0.4) is 0 Å². The Kier molecular flexibility index (Phi) is 4.44. The third-order valence-corrected chi connectivity index (χ3v) is 1.18. The lowest BCUT2D eigenvalue weighted by Gasteiger charge is -2.11. The second-order valence-electron chi connectivity index (χ2n) is 2.40. The van der Waals surface area contributed by atoms with Crippen LogP contribution in [0.25, 0.3) is 0 Å². The first-order valence-electron chi connectivity index (χ1n) is 3.36. The molecule has 1 unspecified atom stereocenters. The maximum absolute atomic E-state index is 11.5. The van der Waals surface area contributed by atoms with E-state index in [-0.39, 0.29) is 19.2 Å². The predicted octanol–water partition coefficient (Wildman–Crippen LogP) is 0.909. The van der Waals surface area contributed by atoms with Crippen molar-refractivity contribution in [3.63, 3.8) is 0 Å². The summed E-state index contributed by atoms with van der Waals surface area (Å²) in [6, 6.07) is -0.266. The van der Waals surface area contributed by atoms with Gasteiger partial charge in [0.1, 0.15) is 0 Å². The van der Waals surface area contributed by atoms with Gasteiger partial charge >= 0.3 is 6.18 Å². The molecule has 0 amide bonds. The van der Waals surface area contributed by atoms with Crippen molar-refractivity contribution >= 4 is 0 Å². The van der Waals surface area contributed by atoms with Crippen LogP contribution in [0.5, 0.6) is 0 Å². The first-order chi connectivity index (χ1) is 4.95. The van der Waals surface area contributed by atoms with Crippen molar-refractivity contribution in [2.45, 2.75) is 25.6 Å². The number of rotatable bonds is 4. The molecule has 0 aromatic carbocycles. The summed E-state index contributed by atoms with van der Waals surface area (Å²) in [6.45, 7) is 1.35. The van der Waals surface area contributed by atoms with Gasteiger partial charge in [0.2, 0.25) is 0 Å². The molecule has 0 fully saturated rings. The Morgan fingerprint density at radius 1 is 1.45 bits per heavy atom. The Morgan fingerprint density at radius 2 is 2.00 bits per heavy atom. The Hall–Kier alpha value is -0.290. The lowest BCUT2D eigenvalue weighted by molar-refractivity contribution is -0.133. The first-order valence-corrected chi connectivity index (χ1v) is 3.36. The molecule has 5 heteroatoms. The molecule has 0 aliphatic rings. The van der Waals surface area contributed by atoms with Gasteiger partial charge in [-0.2, -0.15) is 13.2 Å². The largest absolute Gasteiger partial charge is 0.395 e. The van der Waals surface area contributed by atoms with E-state index in [1.54, 1.807) is 6.92 Å². The number of nitrogens with one attached hydrogen (secondary N) is 1. The number of aliphatic hydroxyl groups is 1. The summed E-state index contributed by atoms with van der Waals surface area (Å²) in [5.41, 5.74) is 0. The van der Waals surface area contributed by atoms with Gasteiger partial charge in [0, 0.05) is 12.6 Å². The maximum Gasteiger partial charge on any atom is 0.390 e. The number of hydrogen-bond donors (Lipinski definition) is 2. The third-order valence-electron chi connectivity index (χ3n) is 1.18. The molecular weight excluding hydrogens is 159 g/mol. The van der Waals surface area contributed by atoms with Crippen molar-refractivity contribution < 1.29 is 18.3 Å². The molecule has 2 N–H and O–H groups in total. The van der Waals surface area contributed by atoms with Gasteiger partial charge in [0.05, 0.1) is 13.0 Å². The van der Waals surface area contributed by atoms with Gasteiger partial charge in [-0.25, -0.2) is 0 Å². The lowest BCUT2D eigenvalue weighted by Crippen LogP contribution is -2.32. The number of hydrogen-bond acceptors (Lipinski definition) is 2. The first kappa shape index (κ1) is 10.7. The highest BCUT2D eigenvalue weighted by Crippen LogP contribution is 2.18. The van der Waals surface area contributed by atoms with E-state index in [9.17, 15) is 13.2 Å². The van der Waals surface area contributed by atoms with Crippen LogP contribution in [-0.2, 0) is 0 Å². The van der Waals surface area contributed by atoms with Crippen LogP contribution >= 0.6 is 0 Å². The summed E-state index contributed by atoms with van der Waals surface area (Å²) in [6.07, 6.45) is -4.96. The van der Waals surface area contributed by atoms with Gasteiger partial charge in [0.25, 0.3) is 0 Å². The van der Waals surface area contributed by atoms with Gasteiger partial charge in [-0.1, -0.05) is 0 Å². The van der Waals surface area contributed by atoms with Gasteiger partial charge in [-0.05, 0) is 6.92 Å². The molecule has 0 rings (SSSR count). The molecule has 0 aliphatic heterocycles. The molecule has 0 spiro atoms. The van der Waals surface area contributed by atoms with Gasteiger partial charge in [-0.15, -0.1) is 0 Å². The standard InChI is InChI=1S/C6H12F3NO/c1-5(4-11)10-3-2-6(7,8)9/h5,10-11H,2-4H2,1H3. The minimum atomic E-state index is -4.11. The molecule has 1 atom stereocenters. The molecule has 2 nitrogen and oxygen atoms in total. The van der Waals surface area contributed by atoms with Gasteiger partial charge in [-0.3, -0.25) is 0 Å². The van der Waals surface area contributed by atoms with E-state index in [0.717, 1.165) is 0 Å². The summed E-state index contributed by atoms with van der Waals surface area (Å²) < 4.78 is 34.5. The van der Waals surface area contributed by atoms with Gasteiger partial charge < -0.3 is 10.4 Å². The summed E-state index contributed by atoms with van der Waals surface area (Å²) >= 11 is 0. The molecule has 11 heavy (non-hydrogen) atoms. The molecule has 0 saturated heterocycles. The summed E-state index contributed by atoms with van der Waals surface area (Å²) in [7, 11) is 0. The lowest BCUT2D eigenvalue weighted by atomic mass is 10.3. The Bertz CT molecular complexity index is 104. The number of halogens is 3. The fraction of sp³-hybridized carbons (Fsp3) is 1.00. The van der Waals surface area contributed by atoms with E-state index < -0.39 is 12.6 Å². The quantitative estimate of drug-likeness (QED) is 0.659. The maximum atomic E-state index is 11.5.